The predicted octanol–water partition coefficient (Wildman–Crippen LogP) is 1.92. The van der Waals surface area contributed by atoms with Gasteiger partial charge in [0.1, 0.15) is 5.75 Å². The highest BCUT2D eigenvalue weighted by Crippen LogP contribution is 2.31. The average molecular weight is 370 g/mol. The van der Waals surface area contributed by atoms with Crippen LogP contribution in [-0.4, -0.2) is 47.0 Å². The van der Waals surface area contributed by atoms with Gasteiger partial charge in [0.2, 0.25) is 0 Å². The van der Waals surface area contributed by atoms with E-state index in [4.69, 9.17) is 9.47 Å². The second-order valence-corrected chi connectivity index (χ2v) is 5.58. The van der Waals surface area contributed by atoms with Crippen molar-refractivity contribution >= 4 is 5.91 Å². The number of benzene rings is 1. The summed E-state index contributed by atoms with van der Waals surface area (Å²) in [5.41, 5.74) is 2.11. The molecule has 2 heterocycles. The van der Waals surface area contributed by atoms with Gasteiger partial charge in [-0.25, -0.2) is 9.69 Å². The second-order valence-electron chi connectivity index (χ2n) is 5.58. The number of carbonyl (C=O) groups excluding carboxylic acids is 1. The monoisotopic (exact) mass is 370 g/mol. The molecule has 0 radical (unpaired) electrons. The Morgan fingerprint density at radius 1 is 1.27 bits per heavy atom. The van der Waals surface area contributed by atoms with Crippen LogP contribution in [0.15, 0.2) is 36.5 Å². The first-order valence-corrected chi connectivity index (χ1v) is 7.89. The third kappa shape index (κ3) is 4.73. The van der Waals surface area contributed by atoms with Crippen molar-refractivity contribution in [2.45, 2.75) is 12.9 Å². The van der Waals surface area contributed by atoms with E-state index in [-0.39, 0.29) is 24.1 Å². The number of hydrogen-bond acceptors (Lipinski definition) is 5. The lowest BCUT2D eigenvalue weighted by molar-refractivity contribution is -0.137. The van der Waals surface area contributed by atoms with Crippen molar-refractivity contribution in [2.24, 2.45) is 0 Å². The van der Waals surface area contributed by atoms with Crippen LogP contribution in [0.25, 0.3) is 0 Å². The molecule has 2 aromatic rings. The molecular formula is C16H17F3N4O3. The molecule has 0 unspecified atom stereocenters. The van der Waals surface area contributed by atoms with Gasteiger partial charge in [0.25, 0.3) is 5.91 Å². The number of amides is 1. The minimum Gasteiger partial charge on any atom is -0.471 e. The van der Waals surface area contributed by atoms with E-state index in [9.17, 15) is 18.0 Å². The predicted molar refractivity (Wildman–Crippen MR) is 84.2 cm³/mol. The molecule has 1 N–H and O–H groups in total. The number of ether oxygens (including phenoxy) is 2. The molecule has 0 spiro atoms. The molecule has 1 aromatic carbocycles. The van der Waals surface area contributed by atoms with Gasteiger partial charge in [-0.1, -0.05) is 6.07 Å². The van der Waals surface area contributed by atoms with E-state index < -0.39 is 11.7 Å². The molecule has 10 heteroatoms. The molecule has 26 heavy (non-hydrogen) atoms. The molecule has 0 aliphatic carbocycles. The third-order valence-electron chi connectivity index (χ3n) is 3.67. The summed E-state index contributed by atoms with van der Waals surface area (Å²) in [5, 5.41) is 5.80. The molecule has 0 atom stereocenters. The largest absolute Gasteiger partial charge is 0.471 e. The normalized spacial score (nSPS) is 15.7. The summed E-state index contributed by atoms with van der Waals surface area (Å²) in [6.45, 7) is 2.14. The van der Waals surface area contributed by atoms with Crippen molar-refractivity contribution in [1.29, 1.82) is 0 Å². The van der Waals surface area contributed by atoms with Gasteiger partial charge in [-0.3, -0.25) is 10.2 Å². The minimum atomic E-state index is -4.43. The highest BCUT2D eigenvalue weighted by molar-refractivity contribution is 5.91. The van der Waals surface area contributed by atoms with Crippen molar-refractivity contribution in [2.75, 3.05) is 26.3 Å². The molecule has 1 fully saturated rings. The van der Waals surface area contributed by atoms with Crippen LogP contribution in [0.1, 0.15) is 16.1 Å². The Morgan fingerprint density at radius 2 is 2.04 bits per heavy atom. The number of aromatic nitrogens is 2. The highest BCUT2D eigenvalue weighted by atomic mass is 19.4. The van der Waals surface area contributed by atoms with Gasteiger partial charge in [0.05, 0.1) is 18.8 Å². The quantitative estimate of drug-likeness (QED) is 0.871. The number of hydrogen-bond donors (Lipinski definition) is 1. The van der Waals surface area contributed by atoms with E-state index in [0.29, 0.717) is 26.3 Å². The maximum atomic E-state index is 12.7. The molecule has 0 bridgehead atoms. The second kappa shape index (κ2) is 7.75. The number of halogens is 3. The van der Waals surface area contributed by atoms with Gasteiger partial charge in [-0.05, 0) is 24.3 Å². The SMILES string of the molecule is O=C(NN1CCOCC1)c1ccn(COc2cccc(C(F)(F)F)c2)n1. The molecule has 3 rings (SSSR count). The summed E-state index contributed by atoms with van der Waals surface area (Å²) < 4.78 is 49.9. The first-order chi connectivity index (χ1) is 12.4. The van der Waals surface area contributed by atoms with E-state index in [0.717, 1.165) is 12.1 Å². The Balaban J connectivity index is 1.56. The lowest BCUT2D eigenvalue weighted by atomic mass is 10.2. The molecular weight excluding hydrogens is 353 g/mol. The van der Waals surface area contributed by atoms with Crippen LogP contribution in [0.3, 0.4) is 0 Å². The Bertz CT molecular complexity index is 757. The van der Waals surface area contributed by atoms with Crippen LogP contribution in [0, 0.1) is 0 Å². The van der Waals surface area contributed by atoms with Gasteiger partial charge in [-0.2, -0.15) is 18.3 Å². The molecule has 1 aromatic heterocycles. The van der Waals surface area contributed by atoms with Crippen molar-refractivity contribution in [3.8, 4) is 5.75 Å². The molecule has 1 aliphatic rings. The number of morpholine rings is 1. The lowest BCUT2D eigenvalue weighted by Crippen LogP contribution is -2.48. The van der Waals surface area contributed by atoms with Crippen LogP contribution in [-0.2, 0) is 17.6 Å². The van der Waals surface area contributed by atoms with Crippen molar-refractivity contribution in [3.63, 3.8) is 0 Å². The van der Waals surface area contributed by atoms with E-state index in [1.54, 1.807) is 5.01 Å². The van der Waals surface area contributed by atoms with Crippen molar-refractivity contribution in [3.05, 3.63) is 47.8 Å². The summed E-state index contributed by atoms with van der Waals surface area (Å²) in [7, 11) is 0. The minimum absolute atomic E-state index is 0.0645. The van der Waals surface area contributed by atoms with Crippen molar-refractivity contribution < 1.29 is 27.4 Å². The smallest absolute Gasteiger partial charge is 0.416 e. The molecule has 140 valence electrons. The van der Waals surface area contributed by atoms with Crippen LogP contribution < -0.4 is 10.2 Å². The number of alkyl halides is 3. The zero-order valence-corrected chi connectivity index (χ0v) is 13.7. The number of carbonyl (C=O) groups is 1. The highest BCUT2D eigenvalue weighted by Gasteiger charge is 2.30. The van der Waals surface area contributed by atoms with Crippen LogP contribution in [0.5, 0.6) is 5.75 Å². The Hall–Kier alpha value is -2.59. The molecule has 1 saturated heterocycles. The number of rotatable bonds is 5. The number of hydrazine groups is 1. The zero-order valence-electron chi connectivity index (χ0n) is 13.7. The fourth-order valence-electron chi connectivity index (χ4n) is 2.33. The standard InChI is InChI=1S/C16H17F3N4O3/c17-16(18,19)12-2-1-3-13(10-12)26-11-23-5-4-14(20-23)15(24)21-22-6-8-25-9-7-22/h1-5,10H,6-9,11H2,(H,21,24). The summed E-state index contributed by atoms with van der Waals surface area (Å²) in [6, 6.07) is 6.07. The van der Waals surface area contributed by atoms with Crippen LogP contribution in [0.4, 0.5) is 13.2 Å². The Kier molecular flexibility index (Phi) is 5.43. The zero-order chi connectivity index (χ0) is 18.6. The molecule has 1 aliphatic heterocycles. The van der Waals surface area contributed by atoms with E-state index in [1.807, 2.05) is 0 Å². The number of nitrogens with zero attached hydrogens (tertiary/aromatic N) is 3. The number of nitrogens with one attached hydrogen (secondary N) is 1. The summed E-state index contributed by atoms with van der Waals surface area (Å²) in [6.07, 6.45) is -2.92. The average Bonchev–Trinajstić information content (AvgIpc) is 3.10. The van der Waals surface area contributed by atoms with Gasteiger partial charge < -0.3 is 9.47 Å². The van der Waals surface area contributed by atoms with E-state index >= 15 is 0 Å². The maximum absolute atomic E-state index is 12.7. The van der Waals surface area contributed by atoms with Crippen LogP contribution in [0.2, 0.25) is 0 Å². The molecule has 1 amide bonds. The fraction of sp³-hybridized carbons (Fsp3) is 0.375. The summed E-state index contributed by atoms with van der Waals surface area (Å²) in [5.74, 6) is -0.306. The lowest BCUT2D eigenvalue weighted by Gasteiger charge is -2.26. The van der Waals surface area contributed by atoms with Crippen LogP contribution >= 0.6 is 0 Å². The van der Waals surface area contributed by atoms with Gasteiger partial charge >= 0.3 is 6.18 Å². The van der Waals surface area contributed by atoms with E-state index in [1.165, 1.54) is 29.1 Å². The summed E-state index contributed by atoms with van der Waals surface area (Å²) in [4.78, 5) is 12.1. The maximum Gasteiger partial charge on any atom is 0.416 e. The third-order valence-corrected chi connectivity index (χ3v) is 3.67. The Labute approximate surface area is 147 Å². The van der Waals surface area contributed by atoms with Gasteiger partial charge in [0.15, 0.2) is 12.4 Å². The topological polar surface area (TPSA) is 68.6 Å². The molecule has 0 saturated carbocycles. The molecule has 7 nitrogen and oxygen atoms in total. The van der Waals surface area contributed by atoms with E-state index in [2.05, 4.69) is 10.5 Å². The van der Waals surface area contributed by atoms with Gasteiger partial charge in [-0.15, -0.1) is 0 Å². The van der Waals surface area contributed by atoms with Crippen molar-refractivity contribution in [1.82, 2.24) is 20.2 Å². The summed E-state index contributed by atoms with van der Waals surface area (Å²) >= 11 is 0. The Morgan fingerprint density at radius 3 is 2.77 bits per heavy atom. The first kappa shape index (κ1) is 18.2. The fourth-order valence-corrected chi connectivity index (χ4v) is 2.33. The van der Waals surface area contributed by atoms with Gasteiger partial charge in [0, 0.05) is 19.3 Å². The first-order valence-electron chi connectivity index (χ1n) is 7.89.